The molecular formula is C22H24F3NO5. The fourth-order valence-corrected chi connectivity index (χ4v) is 3.19. The van der Waals surface area contributed by atoms with E-state index in [4.69, 9.17) is 19.4 Å². The van der Waals surface area contributed by atoms with Crippen LogP contribution in [-0.2, 0) is 20.7 Å². The number of esters is 1. The van der Waals surface area contributed by atoms with Gasteiger partial charge in [-0.15, -0.1) is 0 Å². The number of benzene rings is 2. The lowest BCUT2D eigenvalue weighted by Gasteiger charge is -2.32. The smallest absolute Gasteiger partial charge is 0.490 e. The van der Waals surface area contributed by atoms with E-state index in [1.165, 1.54) is 5.56 Å². The van der Waals surface area contributed by atoms with Crippen LogP contribution in [0, 0.1) is 0 Å². The van der Waals surface area contributed by atoms with Crippen molar-refractivity contribution in [1.29, 1.82) is 0 Å². The zero-order chi connectivity index (χ0) is 22.9. The average Bonchev–Trinajstić information content (AvgIpc) is 2.74. The fraction of sp³-hybridized carbons (Fsp3) is 0.364. The molecule has 1 saturated heterocycles. The van der Waals surface area contributed by atoms with Gasteiger partial charge in [-0.05, 0) is 36.2 Å². The van der Waals surface area contributed by atoms with Crippen molar-refractivity contribution < 1.29 is 37.3 Å². The number of nitrogens with one attached hydrogen (secondary N) is 1. The molecule has 1 fully saturated rings. The van der Waals surface area contributed by atoms with E-state index in [1.807, 2.05) is 42.5 Å². The highest BCUT2D eigenvalue weighted by Crippen LogP contribution is 2.28. The highest BCUT2D eigenvalue weighted by Gasteiger charge is 2.38. The molecule has 0 aromatic heterocycles. The van der Waals surface area contributed by atoms with Crippen LogP contribution in [0.5, 0.6) is 5.75 Å². The van der Waals surface area contributed by atoms with E-state index in [9.17, 15) is 18.0 Å². The Labute approximate surface area is 178 Å². The maximum atomic E-state index is 12.4. The molecule has 0 unspecified atom stereocenters. The van der Waals surface area contributed by atoms with E-state index < -0.39 is 12.1 Å². The molecule has 1 aliphatic rings. The largest absolute Gasteiger partial charge is 0.497 e. The number of piperidine rings is 1. The molecule has 0 bridgehead atoms. The Morgan fingerprint density at radius 1 is 1.13 bits per heavy atom. The summed E-state index contributed by atoms with van der Waals surface area (Å²) in [6.07, 6.45) is -3.98. The Hall–Kier alpha value is -3.07. The van der Waals surface area contributed by atoms with Gasteiger partial charge in [0.2, 0.25) is 0 Å². The van der Waals surface area contributed by atoms with Gasteiger partial charge in [0, 0.05) is 12.5 Å². The number of carboxylic acids is 1. The second-order valence-electron chi connectivity index (χ2n) is 6.87. The monoisotopic (exact) mass is 439 g/mol. The van der Waals surface area contributed by atoms with Crippen LogP contribution in [0.4, 0.5) is 13.2 Å². The molecule has 0 spiro atoms. The fourth-order valence-electron chi connectivity index (χ4n) is 3.19. The third kappa shape index (κ3) is 7.93. The van der Waals surface area contributed by atoms with Crippen molar-refractivity contribution in [1.82, 2.24) is 5.32 Å². The predicted octanol–water partition coefficient (Wildman–Crippen LogP) is 3.56. The van der Waals surface area contributed by atoms with E-state index >= 15 is 0 Å². The van der Waals surface area contributed by atoms with Crippen molar-refractivity contribution in [3.63, 3.8) is 0 Å². The normalized spacial score (nSPS) is 18.3. The quantitative estimate of drug-likeness (QED) is 0.693. The second-order valence-corrected chi connectivity index (χ2v) is 6.87. The maximum Gasteiger partial charge on any atom is 0.490 e. The molecule has 31 heavy (non-hydrogen) atoms. The molecule has 0 amide bonds. The Morgan fingerprint density at radius 3 is 2.42 bits per heavy atom. The Morgan fingerprint density at radius 2 is 1.81 bits per heavy atom. The number of hydrogen-bond acceptors (Lipinski definition) is 5. The first kappa shape index (κ1) is 24.2. The van der Waals surface area contributed by atoms with E-state index in [0.717, 1.165) is 24.3 Å². The number of alkyl halides is 3. The highest BCUT2D eigenvalue weighted by molar-refractivity contribution is 5.73. The van der Waals surface area contributed by atoms with Gasteiger partial charge in [-0.25, -0.2) is 4.79 Å². The standard InChI is InChI=1S/C20H23NO3.C2HF3O2/c1-23-17-9-5-6-15(12-17)13-20(22)24-19-14-21-11-10-18(19)16-7-3-2-4-8-16;3-2(4,5)1(6)7/h2-9,12,18-19,21H,10-11,13-14H2,1H3;(H,6,7)/t18-,19+;/m1./s1. The first-order valence-corrected chi connectivity index (χ1v) is 9.59. The number of ether oxygens (including phenoxy) is 2. The van der Waals surface area contributed by atoms with Crippen LogP contribution in [0.15, 0.2) is 54.6 Å². The van der Waals surface area contributed by atoms with Crippen LogP contribution >= 0.6 is 0 Å². The lowest BCUT2D eigenvalue weighted by molar-refractivity contribution is -0.192. The molecule has 0 radical (unpaired) electrons. The Bertz CT molecular complexity index is 858. The van der Waals surface area contributed by atoms with Gasteiger partial charge in [0.1, 0.15) is 11.9 Å². The zero-order valence-electron chi connectivity index (χ0n) is 16.9. The third-order valence-corrected chi connectivity index (χ3v) is 4.66. The van der Waals surface area contributed by atoms with E-state index in [2.05, 4.69) is 17.4 Å². The summed E-state index contributed by atoms with van der Waals surface area (Å²) in [5, 5.41) is 10.4. The molecule has 9 heteroatoms. The molecule has 2 aromatic rings. The minimum atomic E-state index is -5.08. The number of aliphatic carboxylic acids is 1. The first-order valence-electron chi connectivity index (χ1n) is 9.59. The number of carbonyl (C=O) groups excluding carboxylic acids is 1. The average molecular weight is 439 g/mol. The topological polar surface area (TPSA) is 84.9 Å². The zero-order valence-corrected chi connectivity index (χ0v) is 16.9. The van der Waals surface area contributed by atoms with E-state index in [-0.39, 0.29) is 24.4 Å². The summed E-state index contributed by atoms with van der Waals surface area (Å²) in [6.45, 7) is 1.65. The highest BCUT2D eigenvalue weighted by atomic mass is 19.4. The van der Waals surface area contributed by atoms with Crippen molar-refractivity contribution in [3.05, 3.63) is 65.7 Å². The second kappa shape index (κ2) is 11.4. The molecule has 2 aromatic carbocycles. The summed E-state index contributed by atoms with van der Waals surface area (Å²) < 4.78 is 42.7. The lowest BCUT2D eigenvalue weighted by atomic mass is 9.88. The molecule has 168 valence electrons. The van der Waals surface area contributed by atoms with Gasteiger partial charge in [-0.1, -0.05) is 42.5 Å². The molecule has 2 N–H and O–H groups in total. The van der Waals surface area contributed by atoms with Gasteiger partial charge >= 0.3 is 18.1 Å². The van der Waals surface area contributed by atoms with Crippen LogP contribution in [0.2, 0.25) is 0 Å². The summed E-state index contributed by atoms with van der Waals surface area (Å²) in [5.41, 5.74) is 2.14. The molecule has 1 heterocycles. The van der Waals surface area contributed by atoms with Crippen molar-refractivity contribution in [2.45, 2.75) is 31.0 Å². The van der Waals surface area contributed by atoms with Crippen molar-refractivity contribution in [3.8, 4) is 5.75 Å². The number of carboxylic acid groups (broad SMARTS) is 1. The van der Waals surface area contributed by atoms with Crippen molar-refractivity contribution in [2.75, 3.05) is 20.2 Å². The Kier molecular flexibility index (Phi) is 8.87. The number of hydrogen-bond donors (Lipinski definition) is 2. The Balaban J connectivity index is 0.000000423. The van der Waals surface area contributed by atoms with Gasteiger partial charge in [-0.3, -0.25) is 4.79 Å². The molecular weight excluding hydrogens is 415 g/mol. The van der Waals surface area contributed by atoms with Gasteiger partial charge in [0.25, 0.3) is 0 Å². The van der Waals surface area contributed by atoms with Gasteiger partial charge in [0.15, 0.2) is 0 Å². The number of halogens is 3. The molecule has 1 aliphatic heterocycles. The van der Waals surface area contributed by atoms with Crippen LogP contribution in [0.25, 0.3) is 0 Å². The summed E-state index contributed by atoms with van der Waals surface area (Å²) in [6, 6.07) is 17.8. The van der Waals surface area contributed by atoms with E-state index in [1.54, 1.807) is 7.11 Å². The molecule has 2 atom stereocenters. The SMILES string of the molecule is COc1cccc(CC(=O)O[C@H]2CNCC[C@@H]2c2ccccc2)c1.O=C(O)C(F)(F)F. The third-order valence-electron chi connectivity index (χ3n) is 4.66. The summed E-state index contributed by atoms with van der Waals surface area (Å²) in [7, 11) is 1.62. The van der Waals surface area contributed by atoms with Gasteiger partial charge < -0.3 is 19.9 Å². The molecule has 3 rings (SSSR count). The van der Waals surface area contributed by atoms with Crippen LogP contribution < -0.4 is 10.1 Å². The minimum Gasteiger partial charge on any atom is -0.497 e. The van der Waals surface area contributed by atoms with Crippen molar-refractivity contribution >= 4 is 11.9 Å². The first-order chi connectivity index (χ1) is 14.7. The molecule has 0 saturated carbocycles. The number of methoxy groups -OCH3 is 1. The van der Waals surface area contributed by atoms with Crippen molar-refractivity contribution in [2.24, 2.45) is 0 Å². The summed E-state index contributed by atoms with van der Waals surface area (Å²) >= 11 is 0. The van der Waals surface area contributed by atoms with Crippen LogP contribution in [0.3, 0.4) is 0 Å². The molecule has 0 aliphatic carbocycles. The summed E-state index contributed by atoms with van der Waals surface area (Å²) in [5.74, 6) is -1.95. The summed E-state index contributed by atoms with van der Waals surface area (Å²) in [4.78, 5) is 21.3. The van der Waals surface area contributed by atoms with Crippen LogP contribution in [-0.4, -0.2) is 49.5 Å². The van der Waals surface area contributed by atoms with Crippen LogP contribution in [0.1, 0.15) is 23.5 Å². The predicted molar refractivity (Wildman–Crippen MR) is 107 cm³/mol. The lowest BCUT2D eigenvalue weighted by Crippen LogP contribution is -2.42. The minimum absolute atomic E-state index is 0.126. The van der Waals surface area contributed by atoms with Gasteiger partial charge in [0.05, 0.1) is 13.5 Å². The van der Waals surface area contributed by atoms with Gasteiger partial charge in [-0.2, -0.15) is 13.2 Å². The van der Waals surface area contributed by atoms with E-state index in [0.29, 0.717) is 6.54 Å². The number of rotatable bonds is 5. The maximum absolute atomic E-state index is 12.4. The molecule has 6 nitrogen and oxygen atoms in total. The number of carbonyl (C=O) groups is 2.